The molecule has 4 rings (SSSR count). The van der Waals surface area contributed by atoms with E-state index >= 15 is 0 Å². The van der Waals surface area contributed by atoms with Crippen molar-refractivity contribution in [2.45, 2.75) is 42.9 Å². The third-order valence-electron chi connectivity index (χ3n) is 7.92. The van der Waals surface area contributed by atoms with Crippen LogP contribution in [0, 0.1) is 0 Å². The average Bonchev–Trinajstić information content (AvgIpc) is 3.04. The average molecular weight is 666 g/mol. The number of phenolic OH excluding ortho intramolecular Hbond substituents is 4. The summed E-state index contributed by atoms with van der Waals surface area (Å²) in [6, 6.07) is 13.6. The number of benzene rings is 3. The van der Waals surface area contributed by atoms with Gasteiger partial charge in [0.05, 0.1) is 12.2 Å². The predicted octanol–water partition coefficient (Wildman–Crippen LogP) is 1.64. The van der Waals surface area contributed by atoms with Crippen LogP contribution in [0.25, 0.3) is 17.7 Å². The van der Waals surface area contributed by atoms with Crippen LogP contribution < -0.4 is 5.32 Å². The second kappa shape index (κ2) is 14.6. The van der Waals surface area contributed by atoms with Gasteiger partial charge in [-0.1, -0.05) is 30.3 Å². The largest absolute Gasteiger partial charge is 0.504 e. The van der Waals surface area contributed by atoms with Crippen molar-refractivity contribution in [1.29, 1.82) is 0 Å². The number of carbonyl (C=O) groups is 3. The first-order chi connectivity index (χ1) is 22.7. The van der Waals surface area contributed by atoms with E-state index in [9.17, 15) is 55.2 Å². The molecule has 14 nitrogen and oxygen atoms in total. The second-order valence-corrected chi connectivity index (χ2v) is 11.3. The molecular weight excluding hydrogens is 630 g/mol. The molecule has 0 heterocycles. The van der Waals surface area contributed by atoms with Gasteiger partial charge in [-0.25, -0.2) is 14.4 Å². The first-order valence-corrected chi connectivity index (χ1v) is 14.6. The van der Waals surface area contributed by atoms with Crippen molar-refractivity contribution in [2.75, 3.05) is 13.6 Å². The second-order valence-electron chi connectivity index (χ2n) is 11.3. The van der Waals surface area contributed by atoms with Crippen LogP contribution in [0.5, 0.6) is 23.0 Å². The Morgan fingerprint density at radius 3 is 2.17 bits per heavy atom. The first-order valence-electron chi connectivity index (χ1n) is 14.6. The fourth-order valence-corrected chi connectivity index (χ4v) is 5.38. The van der Waals surface area contributed by atoms with Gasteiger partial charge in [-0.05, 0) is 71.8 Å². The minimum Gasteiger partial charge on any atom is -0.504 e. The standard InChI is InChI=1S/C34H35NO13/c1-35-18-34(48-30(42)10-7-19-5-8-24(37)26(39)13-19)28(41)15-33(46,32(44)45)16-29(34)47-31(43)23(22-4-2-3-21(11-22)17-36)12-20-6-9-25(38)27(40)14-20/h2-14,28-29,35-41,46H,15-18H2,1H3,(H,44,45). The number of aliphatic carboxylic acids is 1. The van der Waals surface area contributed by atoms with Crippen LogP contribution in [-0.4, -0.2) is 95.8 Å². The zero-order valence-electron chi connectivity index (χ0n) is 25.6. The van der Waals surface area contributed by atoms with E-state index in [4.69, 9.17) is 9.47 Å². The minimum absolute atomic E-state index is 0.175. The number of aliphatic hydroxyl groups excluding tert-OH is 2. The van der Waals surface area contributed by atoms with Crippen LogP contribution in [0.3, 0.4) is 0 Å². The molecule has 9 N–H and O–H groups in total. The van der Waals surface area contributed by atoms with Gasteiger partial charge >= 0.3 is 17.9 Å². The number of esters is 2. The monoisotopic (exact) mass is 665 g/mol. The van der Waals surface area contributed by atoms with Gasteiger partial charge in [-0.2, -0.15) is 0 Å². The molecule has 4 unspecified atom stereocenters. The number of phenols is 4. The van der Waals surface area contributed by atoms with Crippen molar-refractivity contribution in [3.8, 4) is 23.0 Å². The molecule has 1 aliphatic carbocycles. The van der Waals surface area contributed by atoms with Gasteiger partial charge in [0.2, 0.25) is 0 Å². The lowest BCUT2D eigenvalue weighted by atomic mass is 9.71. The number of carbonyl (C=O) groups excluding carboxylic acids is 2. The summed E-state index contributed by atoms with van der Waals surface area (Å²) in [4.78, 5) is 39.3. The number of hydrogen-bond acceptors (Lipinski definition) is 13. The molecule has 254 valence electrons. The highest BCUT2D eigenvalue weighted by Crippen LogP contribution is 2.41. The number of carboxylic acids is 1. The molecule has 0 spiro atoms. The molecule has 0 aliphatic heterocycles. The van der Waals surface area contributed by atoms with E-state index < -0.39 is 71.4 Å². The molecule has 3 aromatic carbocycles. The molecule has 3 aromatic rings. The molecule has 14 heteroatoms. The van der Waals surface area contributed by atoms with Crippen LogP contribution in [0.4, 0.5) is 0 Å². The molecule has 0 saturated heterocycles. The van der Waals surface area contributed by atoms with Gasteiger partial charge in [-0.3, -0.25) is 0 Å². The molecule has 1 fully saturated rings. The van der Waals surface area contributed by atoms with E-state index in [1.54, 1.807) is 12.1 Å². The Kier molecular flexibility index (Phi) is 10.8. The summed E-state index contributed by atoms with van der Waals surface area (Å²) in [5.41, 5.74) is -3.75. The van der Waals surface area contributed by atoms with E-state index in [1.807, 2.05) is 0 Å². The molecular formula is C34H35NO13. The van der Waals surface area contributed by atoms with Gasteiger partial charge in [0.25, 0.3) is 0 Å². The van der Waals surface area contributed by atoms with Crippen LogP contribution in [0.1, 0.15) is 35.1 Å². The number of hydrogen-bond donors (Lipinski definition) is 9. The smallest absolute Gasteiger partial charge is 0.339 e. The van der Waals surface area contributed by atoms with Crippen molar-refractivity contribution in [3.63, 3.8) is 0 Å². The molecule has 1 aliphatic rings. The fourth-order valence-electron chi connectivity index (χ4n) is 5.38. The Labute approximate surface area is 274 Å². The maximum Gasteiger partial charge on any atom is 0.339 e. The summed E-state index contributed by atoms with van der Waals surface area (Å²) in [6.45, 7) is -0.749. The summed E-state index contributed by atoms with van der Waals surface area (Å²) in [7, 11) is 1.44. The lowest BCUT2D eigenvalue weighted by Gasteiger charge is -2.49. The third kappa shape index (κ3) is 7.75. The van der Waals surface area contributed by atoms with Gasteiger partial charge in [0.15, 0.2) is 34.2 Å². The van der Waals surface area contributed by atoms with Gasteiger partial charge in [0, 0.05) is 25.5 Å². The number of carboxylic acid groups (broad SMARTS) is 1. The summed E-state index contributed by atoms with van der Waals surface area (Å²) >= 11 is 0. The Balaban J connectivity index is 1.77. The Bertz CT molecular complexity index is 1750. The maximum atomic E-state index is 14.0. The molecule has 0 radical (unpaired) electrons. The van der Waals surface area contributed by atoms with Crippen LogP contribution in [0.15, 0.2) is 66.7 Å². The van der Waals surface area contributed by atoms with E-state index in [0.717, 1.165) is 6.08 Å². The van der Waals surface area contributed by atoms with Crippen molar-refractivity contribution >= 4 is 35.6 Å². The molecule has 0 aromatic heterocycles. The topological polar surface area (TPSA) is 244 Å². The summed E-state index contributed by atoms with van der Waals surface area (Å²) < 4.78 is 11.5. The highest BCUT2D eigenvalue weighted by molar-refractivity contribution is 6.21. The number of likely N-dealkylation sites (N-methyl/N-ethyl adjacent to an activating group) is 1. The minimum atomic E-state index is -2.60. The molecule has 0 bridgehead atoms. The number of aliphatic hydroxyl groups is 3. The van der Waals surface area contributed by atoms with Gasteiger partial charge in [-0.15, -0.1) is 0 Å². The first kappa shape index (κ1) is 35.4. The van der Waals surface area contributed by atoms with Crippen molar-refractivity contribution in [3.05, 3.63) is 89.0 Å². The zero-order chi connectivity index (χ0) is 35.2. The van der Waals surface area contributed by atoms with E-state index in [0.29, 0.717) is 5.56 Å². The van der Waals surface area contributed by atoms with Crippen molar-refractivity contribution in [2.24, 2.45) is 0 Å². The maximum absolute atomic E-state index is 14.0. The molecule has 48 heavy (non-hydrogen) atoms. The summed E-state index contributed by atoms with van der Waals surface area (Å²) in [6.07, 6.45) is -1.78. The zero-order valence-corrected chi connectivity index (χ0v) is 25.6. The lowest BCUT2D eigenvalue weighted by molar-refractivity contribution is -0.236. The molecule has 1 saturated carbocycles. The summed E-state index contributed by atoms with van der Waals surface area (Å²) in [5, 5.41) is 83.7. The van der Waals surface area contributed by atoms with Gasteiger partial charge in [0.1, 0.15) is 12.2 Å². The SMILES string of the molecule is CNCC1(OC(=O)C=Cc2ccc(O)c(O)c2)C(O)CC(O)(C(=O)O)CC1OC(=O)C(=Cc1ccc(O)c(O)c1)c1cccc(CO)c1. The number of rotatable bonds is 11. The van der Waals surface area contributed by atoms with E-state index in [-0.39, 0.29) is 41.2 Å². The van der Waals surface area contributed by atoms with Crippen LogP contribution in [-0.2, 0) is 30.5 Å². The highest BCUT2D eigenvalue weighted by atomic mass is 16.6. The third-order valence-corrected chi connectivity index (χ3v) is 7.92. The van der Waals surface area contributed by atoms with Crippen molar-refractivity contribution < 1.29 is 64.7 Å². The van der Waals surface area contributed by atoms with Crippen LogP contribution in [0.2, 0.25) is 0 Å². The quantitative estimate of drug-likeness (QED) is 0.0612. The van der Waals surface area contributed by atoms with E-state index in [1.165, 1.54) is 67.7 Å². The Morgan fingerprint density at radius 1 is 0.917 bits per heavy atom. The predicted molar refractivity (Wildman–Crippen MR) is 169 cm³/mol. The highest BCUT2D eigenvalue weighted by Gasteiger charge is 2.61. The fraction of sp³-hybridized carbons (Fsp3) is 0.265. The summed E-state index contributed by atoms with van der Waals surface area (Å²) in [5.74, 6) is -5.64. The lowest BCUT2D eigenvalue weighted by Crippen LogP contribution is -2.69. The van der Waals surface area contributed by atoms with Gasteiger partial charge < -0.3 is 55.6 Å². The Hall–Kier alpha value is -5.41. The molecule has 0 amide bonds. The van der Waals surface area contributed by atoms with E-state index in [2.05, 4.69) is 5.32 Å². The van der Waals surface area contributed by atoms with Crippen LogP contribution >= 0.6 is 0 Å². The van der Waals surface area contributed by atoms with Crippen molar-refractivity contribution in [1.82, 2.24) is 5.32 Å². The normalized spacial score (nSPS) is 22.7. The number of nitrogens with one attached hydrogen (secondary N) is 1. The number of ether oxygens (including phenoxy) is 2. The number of aromatic hydroxyl groups is 4. The molecule has 4 atom stereocenters. The Morgan fingerprint density at radius 2 is 1.56 bits per heavy atom.